The molecule has 3 aromatic rings. The SMILES string of the molecule is CC(Nc1cc(Nc2cc(C3CC3)[nH]n2)ncn1)c1ccc(Br)cc1F. The summed E-state index contributed by atoms with van der Waals surface area (Å²) in [7, 11) is 0. The second-order valence-corrected chi connectivity index (χ2v) is 7.34. The molecule has 0 bridgehead atoms. The number of halogens is 2. The van der Waals surface area contributed by atoms with Crippen LogP contribution in [0.5, 0.6) is 0 Å². The van der Waals surface area contributed by atoms with Crippen molar-refractivity contribution in [1.82, 2.24) is 20.2 Å². The maximum Gasteiger partial charge on any atom is 0.153 e. The minimum atomic E-state index is -0.268. The third-order valence-corrected chi connectivity index (χ3v) is 4.82. The van der Waals surface area contributed by atoms with Crippen LogP contribution in [-0.2, 0) is 0 Å². The molecule has 1 aliphatic rings. The molecular weight excluding hydrogens is 399 g/mol. The fourth-order valence-corrected chi connectivity index (χ4v) is 3.13. The summed E-state index contributed by atoms with van der Waals surface area (Å²) in [6.45, 7) is 1.89. The lowest BCUT2D eigenvalue weighted by Gasteiger charge is -2.16. The van der Waals surface area contributed by atoms with Gasteiger partial charge in [0.1, 0.15) is 23.8 Å². The van der Waals surface area contributed by atoms with Crippen molar-refractivity contribution in [2.45, 2.75) is 31.7 Å². The molecule has 0 spiro atoms. The molecule has 4 rings (SSSR count). The molecule has 3 N–H and O–H groups in total. The van der Waals surface area contributed by atoms with Gasteiger partial charge in [0.15, 0.2) is 5.82 Å². The number of hydrogen-bond acceptors (Lipinski definition) is 5. The monoisotopic (exact) mass is 416 g/mol. The quantitative estimate of drug-likeness (QED) is 0.532. The summed E-state index contributed by atoms with van der Waals surface area (Å²) in [6, 6.07) is 8.57. The summed E-state index contributed by atoms with van der Waals surface area (Å²) in [4.78, 5) is 8.43. The summed E-state index contributed by atoms with van der Waals surface area (Å²) in [5, 5.41) is 13.7. The number of aromatic nitrogens is 4. The normalized spacial score (nSPS) is 14.9. The molecule has 1 unspecified atom stereocenters. The molecule has 1 aromatic carbocycles. The molecule has 26 heavy (non-hydrogen) atoms. The van der Waals surface area contributed by atoms with E-state index in [1.54, 1.807) is 12.1 Å². The van der Waals surface area contributed by atoms with Crippen LogP contribution in [0.15, 0.2) is 41.1 Å². The Balaban J connectivity index is 1.46. The van der Waals surface area contributed by atoms with Crippen LogP contribution in [0.3, 0.4) is 0 Å². The zero-order chi connectivity index (χ0) is 18.1. The Morgan fingerprint density at radius 3 is 2.73 bits per heavy atom. The highest BCUT2D eigenvalue weighted by Gasteiger charge is 2.25. The van der Waals surface area contributed by atoms with Crippen molar-refractivity contribution < 1.29 is 4.39 Å². The van der Waals surface area contributed by atoms with Gasteiger partial charge in [-0.1, -0.05) is 22.0 Å². The average Bonchev–Trinajstić information content (AvgIpc) is 3.35. The van der Waals surface area contributed by atoms with Crippen molar-refractivity contribution in [3.8, 4) is 0 Å². The maximum absolute atomic E-state index is 14.1. The summed E-state index contributed by atoms with van der Waals surface area (Å²) in [6.07, 6.45) is 3.89. The van der Waals surface area contributed by atoms with Crippen LogP contribution < -0.4 is 10.6 Å². The van der Waals surface area contributed by atoms with Crippen LogP contribution in [0.25, 0.3) is 0 Å². The van der Waals surface area contributed by atoms with Gasteiger partial charge in [0.05, 0.1) is 6.04 Å². The fraction of sp³-hybridized carbons (Fsp3) is 0.278. The standard InChI is InChI=1S/C18H18BrFN6/c1-10(13-5-4-12(19)6-14(13)20)23-16-8-17(22-9-21-16)24-18-7-15(25-26-18)11-2-3-11/h4-11H,2-3H2,1H3,(H3,21,22,23,24,25,26). The molecule has 2 aromatic heterocycles. The van der Waals surface area contributed by atoms with E-state index in [0.29, 0.717) is 27.6 Å². The van der Waals surface area contributed by atoms with Crippen LogP contribution in [0, 0.1) is 5.82 Å². The van der Waals surface area contributed by atoms with Crippen molar-refractivity contribution in [3.05, 3.63) is 58.2 Å². The molecule has 8 heteroatoms. The van der Waals surface area contributed by atoms with Crippen LogP contribution >= 0.6 is 15.9 Å². The highest BCUT2D eigenvalue weighted by atomic mass is 79.9. The highest BCUT2D eigenvalue weighted by molar-refractivity contribution is 9.10. The Morgan fingerprint density at radius 1 is 1.15 bits per heavy atom. The fourth-order valence-electron chi connectivity index (χ4n) is 2.79. The molecule has 1 fully saturated rings. The summed E-state index contributed by atoms with van der Waals surface area (Å²) < 4.78 is 14.8. The lowest BCUT2D eigenvalue weighted by atomic mass is 10.1. The van der Waals surface area contributed by atoms with Gasteiger partial charge in [-0.3, -0.25) is 5.10 Å². The Kier molecular flexibility index (Phi) is 4.58. The van der Waals surface area contributed by atoms with Gasteiger partial charge >= 0.3 is 0 Å². The minimum Gasteiger partial charge on any atom is -0.363 e. The van der Waals surface area contributed by atoms with Gasteiger partial charge in [0.2, 0.25) is 0 Å². The van der Waals surface area contributed by atoms with Crippen LogP contribution in [-0.4, -0.2) is 20.2 Å². The third-order valence-electron chi connectivity index (χ3n) is 4.33. The predicted octanol–water partition coefficient (Wildman–Crippen LogP) is 4.90. The van der Waals surface area contributed by atoms with Gasteiger partial charge in [-0.15, -0.1) is 0 Å². The highest BCUT2D eigenvalue weighted by Crippen LogP contribution is 2.39. The van der Waals surface area contributed by atoms with Crippen molar-refractivity contribution in [2.75, 3.05) is 10.6 Å². The van der Waals surface area contributed by atoms with Crippen molar-refractivity contribution in [3.63, 3.8) is 0 Å². The van der Waals surface area contributed by atoms with Gasteiger partial charge in [0, 0.05) is 33.8 Å². The molecule has 0 aliphatic heterocycles. The molecule has 1 saturated carbocycles. The van der Waals surface area contributed by atoms with Crippen molar-refractivity contribution in [2.24, 2.45) is 0 Å². The summed E-state index contributed by atoms with van der Waals surface area (Å²) in [5.41, 5.74) is 1.72. The molecule has 2 heterocycles. The van der Waals surface area contributed by atoms with E-state index in [1.165, 1.54) is 25.2 Å². The summed E-state index contributed by atoms with van der Waals surface area (Å²) >= 11 is 3.27. The van der Waals surface area contributed by atoms with E-state index in [0.717, 1.165) is 11.5 Å². The molecule has 1 aliphatic carbocycles. The van der Waals surface area contributed by atoms with Gasteiger partial charge < -0.3 is 10.6 Å². The first-order valence-electron chi connectivity index (χ1n) is 8.44. The molecule has 6 nitrogen and oxygen atoms in total. The van der Waals surface area contributed by atoms with Crippen LogP contribution in [0.4, 0.5) is 21.8 Å². The molecule has 0 amide bonds. The number of nitrogens with one attached hydrogen (secondary N) is 3. The largest absolute Gasteiger partial charge is 0.363 e. The van der Waals surface area contributed by atoms with E-state index in [-0.39, 0.29) is 11.9 Å². The average molecular weight is 417 g/mol. The smallest absolute Gasteiger partial charge is 0.153 e. The van der Waals surface area contributed by atoms with E-state index < -0.39 is 0 Å². The second kappa shape index (κ2) is 7.03. The number of benzene rings is 1. The van der Waals surface area contributed by atoms with E-state index in [4.69, 9.17) is 0 Å². The Morgan fingerprint density at radius 2 is 1.96 bits per heavy atom. The zero-order valence-corrected chi connectivity index (χ0v) is 15.7. The number of anilines is 3. The zero-order valence-electron chi connectivity index (χ0n) is 14.1. The van der Waals surface area contributed by atoms with E-state index in [1.807, 2.05) is 19.1 Å². The molecule has 1 atom stereocenters. The topological polar surface area (TPSA) is 78.5 Å². The van der Waals surface area contributed by atoms with E-state index in [2.05, 4.69) is 46.7 Å². The molecular formula is C18H18BrFN6. The molecule has 0 radical (unpaired) electrons. The van der Waals surface area contributed by atoms with Gasteiger partial charge in [-0.25, -0.2) is 14.4 Å². The van der Waals surface area contributed by atoms with Crippen LogP contribution in [0.1, 0.15) is 43.0 Å². The van der Waals surface area contributed by atoms with Crippen molar-refractivity contribution >= 4 is 33.4 Å². The number of aromatic amines is 1. The lowest BCUT2D eigenvalue weighted by Crippen LogP contribution is -2.10. The number of H-pyrrole nitrogens is 1. The Hall–Kier alpha value is -2.48. The Labute approximate surface area is 158 Å². The summed E-state index contributed by atoms with van der Waals surface area (Å²) in [5.74, 6) is 2.30. The second-order valence-electron chi connectivity index (χ2n) is 6.43. The molecule has 0 saturated heterocycles. The van der Waals surface area contributed by atoms with Crippen LogP contribution in [0.2, 0.25) is 0 Å². The van der Waals surface area contributed by atoms with E-state index >= 15 is 0 Å². The first-order valence-corrected chi connectivity index (χ1v) is 9.23. The maximum atomic E-state index is 14.1. The van der Waals surface area contributed by atoms with Gasteiger partial charge in [-0.05, 0) is 31.9 Å². The third kappa shape index (κ3) is 3.85. The predicted molar refractivity (Wildman–Crippen MR) is 102 cm³/mol. The van der Waals surface area contributed by atoms with E-state index in [9.17, 15) is 4.39 Å². The lowest BCUT2D eigenvalue weighted by molar-refractivity contribution is 0.599. The van der Waals surface area contributed by atoms with Gasteiger partial charge in [0.25, 0.3) is 0 Å². The van der Waals surface area contributed by atoms with Crippen molar-refractivity contribution in [1.29, 1.82) is 0 Å². The first-order chi connectivity index (χ1) is 12.6. The number of nitrogens with zero attached hydrogens (tertiary/aromatic N) is 3. The first kappa shape index (κ1) is 17.0. The van der Waals surface area contributed by atoms with Gasteiger partial charge in [-0.2, -0.15) is 5.10 Å². The Bertz CT molecular complexity index is 924. The minimum absolute atomic E-state index is 0.238. The number of hydrogen-bond donors (Lipinski definition) is 3. The molecule has 134 valence electrons. The number of rotatable bonds is 6.